The molecule has 3 rings (SSSR count). The number of unbranched alkanes of at least 4 members (excludes halogenated alkanes) is 2. The van der Waals surface area contributed by atoms with Crippen molar-refractivity contribution < 1.29 is 28.2 Å². The lowest BCUT2D eigenvalue weighted by Crippen LogP contribution is -2.38. The van der Waals surface area contributed by atoms with E-state index in [1.54, 1.807) is 24.3 Å². The minimum atomic E-state index is -0.850. The number of carbonyl (C=O) groups is 2. The number of carboxylic acid groups (broad SMARTS) is 1. The van der Waals surface area contributed by atoms with Crippen molar-refractivity contribution in [3.8, 4) is 11.4 Å². The third-order valence-electron chi connectivity index (χ3n) is 5.77. The van der Waals surface area contributed by atoms with E-state index in [2.05, 4.69) is 10.4 Å². The molecule has 0 amide bonds. The summed E-state index contributed by atoms with van der Waals surface area (Å²) in [6.45, 7) is 5.05. The lowest BCUT2D eigenvalue weighted by molar-refractivity contribution is -0.139. The summed E-state index contributed by atoms with van der Waals surface area (Å²) in [6, 6.07) is 9.10. The summed E-state index contributed by atoms with van der Waals surface area (Å²) in [4.78, 5) is 24.3. The van der Waals surface area contributed by atoms with E-state index in [1.165, 1.54) is 12.3 Å². The summed E-state index contributed by atoms with van der Waals surface area (Å²) >= 11 is 0. The number of aromatic nitrogens is 2. The number of anilines is 1. The van der Waals surface area contributed by atoms with E-state index in [0.717, 1.165) is 36.1 Å². The maximum atomic E-state index is 14.1. The monoisotopic (exact) mass is 514 g/mol. The molecule has 0 aliphatic rings. The van der Waals surface area contributed by atoms with Gasteiger partial charge in [-0.1, -0.05) is 26.0 Å². The number of carboxylic acids is 1. The molecule has 4 N–H and O–H groups in total. The van der Waals surface area contributed by atoms with E-state index in [4.69, 9.17) is 10.5 Å². The standard InChI is InChI=1S/C27H32F2N4O4/c1-17(2)13-23(27(35)36)31-11-4-3-5-12-37-20-8-6-7-18(14-20)25(34)21-16-32-33(26(21)30)24-10-9-19(28)15-22(24)29/h6-10,14-17,23,31H,3-5,11-13,30H2,1-2H3,(H,35,36)/t23-/m0/s1. The Bertz CT molecular complexity index is 1230. The Morgan fingerprint density at radius 1 is 1.14 bits per heavy atom. The highest BCUT2D eigenvalue weighted by Crippen LogP contribution is 2.24. The molecule has 8 nitrogen and oxygen atoms in total. The van der Waals surface area contributed by atoms with Crippen LogP contribution in [0, 0.1) is 17.6 Å². The Balaban J connectivity index is 1.51. The molecule has 0 saturated heterocycles. The third kappa shape index (κ3) is 7.60. The van der Waals surface area contributed by atoms with Crippen molar-refractivity contribution in [2.45, 2.75) is 45.6 Å². The average Bonchev–Trinajstić information content (AvgIpc) is 3.23. The van der Waals surface area contributed by atoms with E-state index < -0.39 is 29.4 Å². The molecular formula is C27H32F2N4O4. The quantitative estimate of drug-likeness (QED) is 0.212. The van der Waals surface area contributed by atoms with Gasteiger partial charge in [-0.05, 0) is 62.4 Å². The summed E-state index contributed by atoms with van der Waals surface area (Å²) in [6.07, 6.45) is 4.28. The first-order chi connectivity index (χ1) is 17.7. The van der Waals surface area contributed by atoms with Crippen LogP contribution in [0.2, 0.25) is 0 Å². The number of nitrogens with one attached hydrogen (secondary N) is 1. The van der Waals surface area contributed by atoms with Gasteiger partial charge < -0.3 is 20.9 Å². The first-order valence-electron chi connectivity index (χ1n) is 12.2. The number of hydrogen-bond acceptors (Lipinski definition) is 6. The van der Waals surface area contributed by atoms with Crippen LogP contribution in [0.25, 0.3) is 5.69 Å². The van der Waals surface area contributed by atoms with Gasteiger partial charge in [-0.2, -0.15) is 5.10 Å². The first-order valence-corrected chi connectivity index (χ1v) is 12.2. The molecule has 10 heteroatoms. The number of halogens is 2. The van der Waals surface area contributed by atoms with Crippen molar-refractivity contribution in [3.05, 3.63) is 71.4 Å². The molecule has 0 fully saturated rings. The fraction of sp³-hybridized carbons (Fsp3) is 0.370. The summed E-state index contributed by atoms with van der Waals surface area (Å²) in [5, 5.41) is 16.4. The third-order valence-corrected chi connectivity index (χ3v) is 5.77. The van der Waals surface area contributed by atoms with Crippen molar-refractivity contribution in [3.63, 3.8) is 0 Å². The lowest BCUT2D eigenvalue weighted by atomic mass is 10.0. The van der Waals surface area contributed by atoms with Crippen molar-refractivity contribution in [1.29, 1.82) is 0 Å². The second kappa shape index (κ2) is 13.0. The van der Waals surface area contributed by atoms with Crippen molar-refractivity contribution in [2.24, 2.45) is 5.92 Å². The van der Waals surface area contributed by atoms with Crippen molar-refractivity contribution in [2.75, 3.05) is 18.9 Å². The van der Waals surface area contributed by atoms with Crippen LogP contribution in [0.1, 0.15) is 55.5 Å². The topological polar surface area (TPSA) is 119 Å². The summed E-state index contributed by atoms with van der Waals surface area (Å²) < 4.78 is 34.2. The average molecular weight is 515 g/mol. The second-order valence-electron chi connectivity index (χ2n) is 9.19. The van der Waals surface area contributed by atoms with Crippen LogP contribution in [0.3, 0.4) is 0 Å². The summed E-state index contributed by atoms with van der Waals surface area (Å²) in [7, 11) is 0. The zero-order chi connectivity index (χ0) is 26.9. The van der Waals surface area contributed by atoms with Crippen LogP contribution in [-0.4, -0.2) is 45.8 Å². The van der Waals surface area contributed by atoms with Gasteiger partial charge in [0, 0.05) is 11.6 Å². The maximum Gasteiger partial charge on any atom is 0.320 e. The van der Waals surface area contributed by atoms with Crippen LogP contribution >= 0.6 is 0 Å². The molecule has 0 aliphatic heterocycles. The highest BCUT2D eigenvalue weighted by atomic mass is 19.1. The SMILES string of the molecule is CC(C)C[C@H](NCCCCCOc1cccc(C(=O)c2cnn(-c3ccc(F)cc3F)c2N)c1)C(=O)O. The second-order valence-corrected chi connectivity index (χ2v) is 9.19. The molecule has 3 aromatic rings. The van der Waals surface area contributed by atoms with Gasteiger partial charge in [0.25, 0.3) is 0 Å². The zero-order valence-electron chi connectivity index (χ0n) is 20.9. The van der Waals surface area contributed by atoms with Crippen molar-refractivity contribution in [1.82, 2.24) is 15.1 Å². The molecule has 0 unspecified atom stereocenters. The molecule has 0 spiro atoms. The van der Waals surface area contributed by atoms with E-state index >= 15 is 0 Å². The Morgan fingerprint density at radius 2 is 1.92 bits per heavy atom. The van der Waals surface area contributed by atoms with Gasteiger partial charge >= 0.3 is 5.97 Å². The van der Waals surface area contributed by atoms with E-state index in [1.807, 2.05) is 13.8 Å². The largest absolute Gasteiger partial charge is 0.494 e. The minimum absolute atomic E-state index is 0.0611. The summed E-state index contributed by atoms with van der Waals surface area (Å²) in [5.41, 5.74) is 6.42. The van der Waals surface area contributed by atoms with Crippen LogP contribution in [-0.2, 0) is 4.79 Å². The summed E-state index contributed by atoms with van der Waals surface area (Å²) in [5.74, 6) is -2.06. The van der Waals surface area contributed by atoms with Gasteiger partial charge in [-0.15, -0.1) is 0 Å². The molecule has 198 valence electrons. The smallest absolute Gasteiger partial charge is 0.320 e. The zero-order valence-corrected chi connectivity index (χ0v) is 20.9. The van der Waals surface area contributed by atoms with Crippen molar-refractivity contribution >= 4 is 17.6 Å². The molecule has 1 heterocycles. The van der Waals surface area contributed by atoms with Crippen LogP contribution in [0.5, 0.6) is 5.75 Å². The predicted octanol–water partition coefficient (Wildman–Crippen LogP) is 4.60. The highest BCUT2D eigenvalue weighted by molar-refractivity contribution is 6.11. The number of nitrogens with zero attached hydrogens (tertiary/aromatic N) is 2. The van der Waals surface area contributed by atoms with Crippen LogP contribution in [0.4, 0.5) is 14.6 Å². The molecule has 0 saturated carbocycles. The Hall–Kier alpha value is -3.79. The number of ether oxygens (including phenoxy) is 1. The Labute approximate surface area is 214 Å². The Morgan fingerprint density at radius 3 is 2.62 bits per heavy atom. The molecule has 37 heavy (non-hydrogen) atoms. The molecule has 0 radical (unpaired) electrons. The predicted molar refractivity (Wildman–Crippen MR) is 136 cm³/mol. The normalized spacial score (nSPS) is 12.0. The fourth-order valence-corrected chi connectivity index (χ4v) is 3.87. The molecule has 0 aliphatic carbocycles. The molecular weight excluding hydrogens is 482 g/mol. The number of benzene rings is 2. The number of carbonyl (C=O) groups excluding carboxylic acids is 1. The van der Waals surface area contributed by atoms with Gasteiger partial charge in [0.1, 0.15) is 29.1 Å². The van der Waals surface area contributed by atoms with Gasteiger partial charge in [0.2, 0.25) is 0 Å². The number of nitrogen functional groups attached to an aromatic ring is 1. The number of aliphatic carboxylic acids is 1. The lowest BCUT2D eigenvalue weighted by Gasteiger charge is -2.16. The van der Waals surface area contributed by atoms with E-state index in [0.29, 0.717) is 36.8 Å². The minimum Gasteiger partial charge on any atom is -0.494 e. The first kappa shape index (κ1) is 27.8. The van der Waals surface area contributed by atoms with Crippen LogP contribution in [0.15, 0.2) is 48.7 Å². The fourth-order valence-electron chi connectivity index (χ4n) is 3.87. The molecule has 2 aromatic carbocycles. The van der Waals surface area contributed by atoms with Gasteiger partial charge in [-0.25, -0.2) is 13.5 Å². The van der Waals surface area contributed by atoms with E-state index in [-0.39, 0.29) is 17.1 Å². The van der Waals surface area contributed by atoms with Gasteiger partial charge in [0.15, 0.2) is 11.6 Å². The van der Waals surface area contributed by atoms with Crippen LogP contribution < -0.4 is 15.8 Å². The number of nitrogens with two attached hydrogens (primary N) is 1. The number of rotatable bonds is 14. The number of hydrogen-bond donors (Lipinski definition) is 3. The number of ketones is 1. The highest BCUT2D eigenvalue weighted by Gasteiger charge is 2.20. The Kier molecular flexibility index (Phi) is 9.73. The molecule has 1 aromatic heterocycles. The van der Waals surface area contributed by atoms with E-state index in [9.17, 15) is 23.5 Å². The van der Waals surface area contributed by atoms with Gasteiger partial charge in [0.05, 0.1) is 18.4 Å². The maximum absolute atomic E-state index is 14.1. The van der Waals surface area contributed by atoms with Gasteiger partial charge in [-0.3, -0.25) is 9.59 Å². The molecule has 1 atom stereocenters. The molecule has 0 bridgehead atoms.